The molecule has 0 spiro atoms. The maximum Gasteiger partial charge on any atom is 0.307 e. The Hall–Kier alpha value is -0.570. The lowest BCUT2D eigenvalue weighted by Gasteiger charge is -2.32. The van der Waals surface area contributed by atoms with Gasteiger partial charge in [0.25, 0.3) is 0 Å². The molecule has 0 aliphatic heterocycles. The second-order valence-electron chi connectivity index (χ2n) is 6.90. The molecule has 106 valence electrons. The van der Waals surface area contributed by atoms with Gasteiger partial charge in [-0.15, -0.1) is 0 Å². The third kappa shape index (κ3) is 6.39. The van der Waals surface area contributed by atoms with Crippen molar-refractivity contribution in [1.29, 1.82) is 0 Å². The summed E-state index contributed by atoms with van der Waals surface area (Å²) in [6, 6.07) is 0.575. The van der Waals surface area contributed by atoms with Crippen LogP contribution in [0.15, 0.2) is 0 Å². The highest BCUT2D eigenvalue weighted by Crippen LogP contribution is 2.28. The highest BCUT2D eigenvalue weighted by molar-refractivity contribution is 5.70. The molecule has 3 nitrogen and oxygen atoms in total. The number of esters is 1. The van der Waals surface area contributed by atoms with E-state index in [0.717, 1.165) is 18.4 Å². The Morgan fingerprint density at radius 2 is 1.72 bits per heavy atom. The van der Waals surface area contributed by atoms with Crippen LogP contribution in [0, 0.1) is 11.8 Å². The predicted octanol–water partition coefficient (Wildman–Crippen LogP) is 3.13. The van der Waals surface area contributed by atoms with Gasteiger partial charge in [-0.25, -0.2) is 0 Å². The standard InChI is InChI=1S/C15H29NO2/c1-11-8-12(2)10-13(9-11)16-7-6-14(17)18-15(3,4)5/h11-13,16H,6-10H2,1-5H3. The van der Waals surface area contributed by atoms with Crippen LogP contribution in [0.2, 0.25) is 0 Å². The summed E-state index contributed by atoms with van der Waals surface area (Å²) in [5, 5.41) is 3.50. The van der Waals surface area contributed by atoms with Crippen LogP contribution in [0.5, 0.6) is 0 Å². The normalized spacial score (nSPS) is 29.1. The highest BCUT2D eigenvalue weighted by Gasteiger charge is 2.23. The van der Waals surface area contributed by atoms with E-state index >= 15 is 0 Å². The van der Waals surface area contributed by atoms with Crippen molar-refractivity contribution in [2.75, 3.05) is 6.54 Å². The zero-order valence-electron chi connectivity index (χ0n) is 12.6. The molecule has 0 heterocycles. The molecule has 0 radical (unpaired) electrons. The van der Waals surface area contributed by atoms with E-state index in [1.807, 2.05) is 20.8 Å². The fraction of sp³-hybridized carbons (Fsp3) is 0.933. The van der Waals surface area contributed by atoms with Crippen molar-refractivity contribution in [3.8, 4) is 0 Å². The molecule has 0 bridgehead atoms. The molecule has 1 saturated carbocycles. The first-order valence-corrected chi connectivity index (χ1v) is 7.21. The van der Waals surface area contributed by atoms with Crippen LogP contribution in [0.3, 0.4) is 0 Å². The first kappa shape index (κ1) is 15.5. The molecule has 2 atom stereocenters. The summed E-state index contributed by atoms with van der Waals surface area (Å²) in [5.41, 5.74) is -0.370. The summed E-state index contributed by atoms with van der Waals surface area (Å²) in [6.45, 7) is 11.1. The monoisotopic (exact) mass is 255 g/mol. The van der Waals surface area contributed by atoms with Gasteiger partial charge < -0.3 is 10.1 Å². The second-order valence-corrected chi connectivity index (χ2v) is 6.90. The van der Waals surface area contributed by atoms with E-state index in [-0.39, 0.29) is 11.6 Å². The fourth-order valence-electron chi connectivity index (χ4n) is 2.88. The maximum absolute atomic E-state index is 11.6. The molecule has 0 aromatic heterocycles. The number of hydrogen-bond acceptors (Lipinski definition) is 3. The third-order valence-electron chi connectivity index (χ3n) is 3.36. The second kappa shape index (κ2) is 6.55. The number of carbonyl (C=O) groups excluding carboxylic acids is 1. The van der Waals surface area contributed by atoms with Gasteiger partial charge in [0, 0.05) is 12.6 Å². The lowest BCUT2D eigenvalue weighted by Crippen LogP contribution is -2.37. The van der Waals surface area contributed by atoms with Crippen molar-refractivity contribution in [2.45, 2.75) is 71.9 Å². The number of rotatable bonds is 4. The van der Waals surface area contributed by atoms with E-state index < -0.39 is 0 Å². The van der Waals surface area contributed by atoms with Crippen molar-refractivity contribution >= 4 is 5.97 Å². The van der Waals surface area contributed by atoms with Crippen LogP contribution in [0.1, 0.15) is 60.3 Å². The van der Waals surface area contributed by atoms with Gasteiger partial charge in [0.2, 0.25) is 0 Å². The van der Waals surface area contributed by atoms with Gasteiger partial charge in [-0.05, 0) is 51.9 Å². The highest BCUT2D eigenvalue weighted by atomic mass is 16.6. The number of ether oxygens (including phenoxy) is 1. The minimum Gasteiger partial charge on any atom is -0.460 e. The molecule has 0 aromatic rings. The Bertz CT molecular complexity index is 260. The summed E-state index contributed by atoms with van der Waals surface area (Å²) in [4.78, 5) is 11.6. The van der Waals surface area contributed by atoms with Crippen molar-refractivity contribution in [3.63, 3.8) is 0 Å². The van der Waals surface area contributed by atoms with E-state index in [9.17, 15) is 4.79 Å². The Morgan fingerprint density at radius 3 is 2.22 bits per heavy atom. The van der Waals surface area contributed by atoms with Gasteiger partial charge in [0.1, 0.15) is 5.60 Å². The SMILES string of the molecule is CC1CC(C)CC(NCCC(=O)OC(C)(C)C)C1. The first-order chi connectivity index (χ1) is 8.26. The molecular weight excluding hydrogens is 226 g/mol. The largest absolute Gasteiger partial charge is 0.460 e. The van der Waals surface area contributed by atoms with Crippen LogP contribution in [-0.2, 0) is 9.53 Å². The quantitative estimate of drug-likeness (QED) is 0.784. The zero-order chi connectivity index (χ0) is 13.8. The van der Waals surface area contributed by atoms with Gasteiger partial charge in [-0.3, -0.25) is 4.79 Å². The van der Waals surface area contributed by atoms with Gasteiger partial charge in [-0.2, -0.15) is 0 Å². The summed E-state index contributed by atoms with van der Waals surface area (Å²) in [6.07, 6.45) is 4.28. The topological polar surface area (TPSA) is 38.3 Å². The smallest absolute Gasteiger partial charge is 0.307 e. The molecule has 1 fully saturated rings. The summed E-state index contributed by atoms with van der Waals surface area (Å²) in [5.74, 6) is 1.49. The van der Waals surface area contributed by atoms with Gasteiger partial charge in [0.15, 0.2) is 0 Å². The van der Waals surface area contributed by atoms with Gasteiger partial charge in [-0.1, -0.05) is 13.8 Å². The number of nitrogens with one attached hydrogen (secondary N) is 1. The van der Waals surface area contributed by atoms with Crippen LogP contribution in [0.25, 0.3) is 0 Å². The first-order valence-electron chi connectivity index (χ1n) is 7.21. The molecule has 1 rings (SSSR count). The third-order valence-corrected chi connectivity index (χ3v) is 3.36. The van der Waals surface area contributed by atoms with E-state index in [4.69, 9.17) is 4.74 Å². The molecule has 1 N–H and O–H groups in total. The molecule has 0 aromatic carbocycles. The van der Waals surface area contributed by atoms with Crippen LogP contribution >= 0.6 is 0 Å². The molecule has 3 heteroatoms. The average molecular weight is 255 g/mol. The molecule has 1 aliphatic carbocycles. The van der Waals surface area contributed by atoms with E-state index in [1.54, 1.807) is 0 Å². The van der Waals surface area contributed by atoms with E-state index in [1.165, 1.54) is 19.3 Å². The minimum absolute atomic E-state index is 0.105. The summed E-state index contributed by atoms with van der Waals surface area (Å²) in [7, 11) is 0. The van der Waals surface area contributed by atoms with Crippen LogP contribution in [-0.4, -0.2) is 24.2 Å². The minimum atomic E-state index is -0.370. The molecule has 2 unspecified atom stereocenters. The zero-order valence-corrected chi connectivity index (χ0v) is 12.6. The van der Waals surface area contributed by atoms with Crippen molar-refractivity contribution in [3.05, 3.63) is 0 Å². The van der Waals surface area contributed by atoms with Gasteiger partial charge >= 0.3 is 5.97 Å². The average Bonchev–Trinajstić information content (AvgIpc) is 2.12. The lowest BCUT2D eigenvalue weighted by molar-refractivity contribution is -0.154. The number of carbonyl (C=O) groups is 1. The lowest BCUT2D eigenvalue weighted by atomic mass is 9.80. The molecule has 0 amide bonds. The van der Waals surface area contributed by atoms with Crippen molar-refractivity contribution in [1.82, 2.24) is 5.32 Å². The molecule has 18 heavy (non-hydrogen) atoms. The van der Waals surface area contributed by atoms with E-state index in [2.05, 4.69) is 19.2 Å². The van der Waals surface area contributed by atoms with Crippen LogP contribution in [0.4, 0.5) is 0 Å². The summed E-state index contributed by atoms with van der Waals surface area (Å²) >= 11 is 0. The predicted molar refractivity (Wildman–Crippen MR) is 74.4 cm³/mol. The van der Waals surface area contributed by atoms with Gasteiger partial charge in [0.05, 0.1) is 6.42 Å². The molecular formula is C15H29NO2. The fourth-order valence-corrected chi connectivity index (χ4v) is 2.88. The van der Waals surface area contributed by atoms with Crippen molar-refractivity contribution < 1.29 is 9.53 Å². The molecule has 0 saturated heterocycles. The molecule has 1 aliphatic rings. The van der Waals surface area contributed by atoms with E-state index in [0.29, 0.717) is 12.5 Å². The number of hydrogen-bond donors (Lipinski definition) is 1. The Balaban J connectivity index is 2.19. The maximum atomic E-state index is 11.6. The van der Waals surface area contributed by atoms with Crippen LogP contribution < -0.4 is 5.32 Å². The Kier molecular flexibility index (Phi) is 5.64. The Morgan fingerprint density at radius 1 is 1.17 bits per heavy atom. The Labute approximate surface area is 112 Å². The summed E-state index contributed by atoms with van der Waals surface area (Å²) < 4.78 is 5.29. The van der Waals surface area contributed by atoms with Crippen molar-refractivity contribution in [2.24, 2.45) is 11.8 Å².